The molecule has 132 valence electrons. The minimum atomic E-state index is 1.01. The highest BCUT2D eigenvalue weighted by Gasteiger charge is 2.19. The molecular weight excluding hydrogens is 356 g/mol. The van der Waals surface area contributed by atoms with Gasteiger partial charge in [0.15, 0.2) is 0 Å². The van der Waals surface area contributed by atoms with E-state index in [-0.39, 0.29) is 0 Å². The van der Waals surface area contributed by atoms with Crippen molar-refractivity contribution in [1.82, 2.24) is 0 Å². The number of thiophene rings is 1. The van der Waals surface area contributed by atoms with E-state index in [0.717, 1.165) is 6.42 Å². The van der Waals surface area contributed by atoms with E-state index in [1.54, 1.807) is 0 Å². The smallest absolute Gasteiger partial charge is 0.0349 e. The monoisotopic (exact) mass is 374 g/mol. The summed E-state index contributed by atoms with van der Waals surface area (Å²) in [5, 5.41) is 3.96. The zero-order chi connectivity index (χ0) is 18.5. The van der Waals surface area contributed by atoms with Gasteiger partial charge in [0.1, 0.15) is 0 Å². The lowest BCUT2D eigenvalue weighted by Gasteiger charge is -2.11. The molecule has 0 atom stereocenters. The van der Waals surface area contributed by atoms with Crippen molar-refractivity contribution < 1.29 is 0 Å². The summed E-state index contributed by atoms with van der Waals surface area (Å²) < 4.78 is 1.36. The summed E-state index contributed by atoms with van der Waals surface area (Å²) in [4.78, 5) is 1.39. The SMILES string of the molecule is C1=C(c2cc3ccccc3s2)Cc2cccc(-c3cccc4ccccc34)c21. The third-order valence-electron chi connectivity index (χ3n) is 5.72. The molecule has 0 nitrogen and oxygen atoms in total. The van der Waals surface area contributed by atoms with Crippen molar-refractivity contribution in [3.8, 4) is 11.1 Å². The summed E-state index contributed by atoms with van der Waals surface area (Å²) >= 11 is 1.90. The molecule has 0 bridgehead atoms. The van der Waals surface area contributed by atoms with Crippen LogP contribution in [0, 0.1) is 0 Å². The van der Waals surface area contributed by atoms with Gasteiger partial charge in [-0.1, -0.05) is 78.9 Å². The summed E-state index contributed by atoms with van der Waals surface area (Å²) in [5.41, 5.74) is 6.90. The molecule has 1 heteroatoms. The lowest BCUT2D eigenvalue weighted by atomic mass is 9.93. The van der Waals surface area contributed by atoms with Crippen LogP contribution in [0.25, 0.3) is 43.6 Å². The number of fused-ring (bicyclic) bond motifs is 3. The third kappa shape index (κ3) is 2.44. The number of benzene rings is 4. The molecule has 0 saturated heterocycles. The maximum atomic E-state index is 2.41. The molecule has 1 aliphatic carbocycles. The van der Waals surface area contributed by atoms with E-state index in [4.69, 9.17) is 0 Å². The normalized spacial score (nSPS) is 13.1. The quantitative estimate of drug-likeness (QED) is 0.295. The van der Waals surface area contributed by atoms with Crippen molar-refractivity contribution in [1.29, 1.82) is 0 Å². The summed E-state index contributed by atoms with van der Waals surface area (Å²) in [6.45, 7) is 0. The standard InChI is InChI=1S/C27H18S/c1-3-11-22-18(7-1)9-5-12-23(22)24-13-6-10-19-15-21(16-25(19)24)27-17-20-8-2-4-14-26(20)28-27/h1-14,16-17H,15H2. The average Bonchev–Trinajstić information content (AvgIpc) is 3.37. The molecule has 1 aromatic heterocycles. The highest BCUT2D eigenvalue weighted by atomic mass is 32.1. The Kier molecular flexibility index (Phi) is 3.50. The average molecular weight is 375 g/mol. The van der Waals surface area contributed by atoms with Crippen molar-refractivity contribution in [2.45, 2.75) is 6.42 Å². The topological polar surface area (TPSA) is 0 Å². The Morgan fingerprint density at radius 3 is 2.32 bits per heavy atom. The van der Waals surface area contributed by atoms with Gasteiger partial charge in [-0.25, -0.2) is 0 Å². The third-order valence-corrected chi connectivity index (χ3v) is 6.91. The maximum Gasteiger partial charge on any atom is 0.0349 e. The van der Waals surface area contributed by atoms with Gasteiger partial charge >= 0.3 is 0 Å². The lowest BCUT2D eigenvalue weighted by Crippen LogP contribution is -1.88. The van der Waals surface area contributed by atoms with E-state index in [0.29, 0.717) is 0 Å². The molecular formula is C27H18S. The molecule has 0 amide bonds. The van der Waals surface area contributed by atoms with Crippen LogP contribution in [0.4, 0.5) is 0 Å². The molecule has 5 aromatic rings. The molecule has 6 rings (SSSR count). The van der Waals surface area contributed by atoms with Gasteiger partial charge in [0, 0.05) is 9.58 Å². The Labute approximate surface area is 168 Å². The number of hydrogen-bond donors (Lipinski definition) is 0. The molecule has 1 aliphatic rings. The summed E-state index contributed by atoms with van der Waals surface area (Å²) in [6, 6.07) is 33.1. The largest absolute Gasteiger partial charge is 0.136 e. The minimum absolute atomic E-state index is 1.01. The van der Waals surface area contributed by atoms with E-state index in [9.17, 15) is 0 Å². The molecule has 4 aromatic carbocycles. The Morgan fingerprint density at radius 1 is 0.643 bits per heavy atom. The molecule has 0 spiro atoms. The van der Waals surface area contributed by atoms with Crippen molar-refractivity contribution in [3.63, 3.8) is 0 Å². The zero-order valence-electron chi connectivity index (χ0n) is 15.4. The fraction of sp³-hybridized carbons (Fsp3) is 0.0370. The van der Waals surface area contributed by atoms with E-state index in [1.807, 2.05) is 11.3 Å². The molecule has 0 N–H and O–H groups in total. The fourth-order valence-electron chi connectivity index (χ4n) is 4.36. The van der Waals surface area contributed by atoms with Crippen LogP contribution in [-0.2, 0) is 6.42 Å². The molecule has 0 fully saturated rings. The maximum absolute atomic E-state index is 2.41. The van der Waals surface area contributed by atoms with Crippen LogP contribution in [0.2, 0.25) is 0 Å². The second kappa shape index (κ2) is 6.19. The number of rotatable bonds is 2. The molecule has 0 aliphatic heterocycles. The highest BCUT2D eigenvalue weighted by molar-refractivity contribution is 7.20. The van der Waals surface area contributed by atoms with Crippen LogP contribution < -0.4 is 0 Å². The van der Waals surface area contributed by atoms with Crippen LogP contribution in [0.5, 0.6) is 0 Å². The van der Waals surface area contributed by atoms with E-state index >= 15 is 0 Å². The first-order valence-corrected chi connectivity index (χ1v) is 10.5. The van der Waals surface area contributed by atoms with Crippen LogP contribution in [-0.4, -0.2) is 0 Å². The zero-order valence-corrected chi connectivity index (χ0v) is 16.2. The minimum Gasteiger partial charge on any atom is -0.136 e. The van der Waals surface area contributed by atoms with Gasteiger partial charge in [0.25, 0.3) is 0 Å². The van der Waals surface area contributed by atoms with Crippen molar-refractivity contribution in [2.24, 2.45) is 0 Å². The van der Waals surface area contributed by atoms with Gasteiger partial charge < -0.3 is 0 Å². The van der Waals surface area contributed by atoms with E-state index < -0.39 is 0 Å². The van der Waals surface area contributed by atoms with Gasteiger partial charge in [0.05, 0.1) is 0 Å². The Balaban J connectivity index is 1.52. The predicted octanol–water partition coefficient (Wildman–Crippen LogP) is 7.82. The van der Waals surface area contributed by atoms with Crippen LogP contribution >= 0.6 is 11.3 Å². The first kappa shape index (κ1) is 15.9. The van der Waals surface area contributed by atoms with Crippen molar-refractivity contribution in [2.75, 3.05) is 0 Å². The van der Waals surface area contributed by atoms with E-state index in [2.05, 4.69) is 97.1 Å². The molecule has 1 heterocycles. The predicted molar refractivity (Wildman–Crippen MR) is 123 cm³/mol. The Hall–Kier alpha value is -3.16. The summed E-state index contributed by atoms with van der Waals surface area (Å²) in [6.07, 6.45) is 3.43. The Morgan fingerprint density at radius 2 is 1.39 bits per heavy atom. The highest BCUT2D eigenvalue weighted by Crippen LogP contribution is 2.42. The van der Waals surface area contributed by atoms with Gasteiger partial charge in [-0.15, -0.1) is 11.3 Å². The van der Waals surface area contributed by atoms with Gasteiger partial charge in [-0.2, -0.15) is 0 Å². The molecule has 28 heavy (non-hydrogen) atoms. The van der Waals surface area contributed by atoms with Crippen LogP contribution in [0.1, 0.15) is 16.0 Å². The fourth-order valence-corrected chi connectivity index (χ4v) is 5.44. The van der Waals surface area contributed by atoms with Crippen LogP contribution in [0.15, 0.2) is 91.0 Å². The van der Waals surface area contributed by atoms with Gasteiger partial charge in [-0.05, 0) is 68.6 Å². The molecule has 0 radical (unpaired) electrons. The first-order valence-electron chi connectivity index (χ1n) is 9.66. The second-order valence-corrected chi connectivity index (χ2v) is 8.48. The van der Waals surface area contributed by atoms with Crippen LogP contribution in [0.3, 0.4) is 0 Å². The second-order valence-electron chi connectivity index (χ2n) is 7.40. The van der Waals surface area contributed by atoms with E-state index in [1.165, 1.54) is 53.6 Å². The first-order chi connectivity index (χ1) is 13.9. The van der Waals surface area contributed by atoms with Crippen molar-refractivity contribution in [3.05, 3.63) is 107 Å². The summed E-state index contributed by atoms with van der Waals surface area (Å²) in [5.74, 6) is 0. The number of hydrogen-bond acceptors (Lipinski definition) is 1. The van der Waals surface area contributed by atoms with Crippen molar-refractivity contribution >= 4 is 43.8 Å². The number of allylic oxidation sites excluding steroid dienone is 1. The summed E-state index contributed by atoms with van der Waals surface area (Å²) in [7, 11) is 0. The molecule has 0 saturated carbocycles. The van der Waals surface area contributed by atoms with Gasteiger partial charge in [-0.3, -0.25) is 0 Å². The molecule has 0 unspecified atom stereocenters. The van der Waals surface area contributed by atoms with Gasteiger partial charge in [0.2, 0.25) is 0 Å². The lowest BCUT2D eigenvalue weighted by molar-refractivity contribution is 1.33. The Bertz CT molecular complexity index is 1350.